The molecule has 0 radical (unpaired) electrons. The Bertz CT molecular complexity index is 1160. The van der Waals surface area contributed by atoms with E-state index < -0.39 is 43.5 Å². The van der Waals surface area contributed by atoms with E-state index in [1.165, 1.54) is 25.9 Å². The number of nitriles is 1. The van der Waals surface area contributed by atoms with E-state index >= 15 is 0 Å². The Morgan fingerprint density at radius 2 is 1.88 bits per heavy atom. The highest BCUT2D eigenvalue weighted by molar-refractivity contribution is 8.16. The molecule has 1 aromatic carbocycles. The van der Waals surface area contributed by atoms with Crippen LogP contribution in [0.3, 0.4) is 0 Å². The summed E-state index contributed by atoms with van der Waals surface area (Å²) in [6.07, 6.45) is -0.111. The first-order valence-electron chi connectivity index (χ1n) is 10.3. The number of benzene rings is 1. The number of primary amides is 1. The van der Waals surface area contributed by atoms with Crippen molar-refractivity contribution < 1.29 is 28.7 Å². The van der Waals surface area contributed by atoms with E-state index in [0.717, 1.165) is 4.90 Å². The molecule has 2 unspecified atom stereocenters. The summed E-state index contributed by atoms with van der Waals surface area (Å²) >= 11 is 1.16. The third-order valence-corrected chi connectivity index (χ3v) is 8.77. The number of carbonyl (C=O) groups excluding carboxylic acids is 4. The average molecular weight is 506 g/mol. The van der Waals surface area contributed by atoms with Crippen LogP contribution in [0.4, 0.5) is 9.59 Å². The van der Waals surface area contributed by atoms with E-state index in [2.05, 4.69) is 11.4 Å². The van der Waals surface area contributed by atoms with Crippen LogP contribution in [0.25, 0.3) is 0 Å². The van der Waals surface area contributed by atoms with Crippen LogP contribution in [0.2, 0.25) is 0 Å². The van der Waals surface area contributed by atoms with E-state index in [9.17, 15) is 24.4 Å². The highest BCUT2D eigenvalue weighted by Gasteiger charge is 2.72. The Hall–Kier alpha value is -3.11. The number of rotatable bonds is 3. The summed E-state index contributed by atoms with van der Waals surface area (Å²) in [6, 6.07) is 6.37. The molecule has 4 atom stereocenters. The molecule has 2 saturated heterocycles. The van der Waals surface area contributed by atoms with Crippen molar-refractivity contribution in [3.05, 3.63) is 23.8 Å². The van der Waals surface area contributed by atoms with Gasteiger partial charge in [-0.25, -0.2) is 0 Å². The minimum Gasteiger partial charge on any atom is -0.454 e. The maximum Gasteiger partial charge on any atom is 0.281 e. The third kappa shape index (κ3) is 3.27. The highest BCUT2D eigenvalue weighted by atomic mass is 32.2. The zero-order valence-corrected chi connectivity index (χ0v) is 20.5. The molecular weight excluding hydrogens is 482 g/mol. The molecule has 180 valence electrons. The van der Waals surface area contributed by atoms with Gasteiger partial charge in [0.15, 0.2) is 21.2 Å². The van der Waals surface area contributed by atoms with Gasteiger partial charge in [-0.1, -0.05) is 6.07 Å². The molecule has 1 aromatic rings. The Morgan fingerprint density at radius 3 is 2.50 bits per heavy atom. The van der Waals surface area contributed by atoms with Crippen molar-refractivity contribution >= 4 is 45.8 Å². The van der Waals surface area contributed by atoms with Crippen LogP contribution >= 0.6 is 23.5 Å². The molecular formula is C21H23N5O6S2. The number of likely N-dealkylation sites (N-methyl/N-ethyl adjacent to an activating group) is 1. The number of hydrogen-bond donors (Lipinski definition) is 2. The molecule has 4 amide bonds. The molecule has 0 aliphatic carbocycles. The van der Waals surface area contributed by atoms with Crippen molar-refractivity contribution in [1.29, 1.82) is 5.26 Å². The molecule has 0 aromatic heterocycles. The maximum atomic E-state index is 14.1. The summed E-state index contributed by atoms with van der Waals surface area (Å²) in [6.45, 7) is 3.11. The Kier molecular flexibility index (Phi) is 5.64. The summed E-state index contributed by atoms with van der Waals surface area (Å²) in [4.78, 5) is 51.5. The molecule has 3 N–H and O–H groups in total. The zero-order chi connectivity index (χ0) is 25.1. The summed E-state index contributed by atoms with van der Waals surface area (Å²) in [5.41, 5.74) is 4.67. The van der Waals surface area contributed by atoms with Crippen LogP contribution in [-0.4, -0.2) is 62.7 Å². The predicted molar refractivity (Wildman–Crippen MR) is 124 cm³/mol. The minimum absolute atomic E-state index is 0.0364. The van der Waals surface area contributed by atoms with E-state index in [0.29, 0.717) is 40.6 Å². The number of amides is 4. The smallest absolute Gasteiger partial charge is 0.281 e. The van der Waals surface area contributed by atoms with Crippen molar-refractivity contribution in [3.8, 4) is 17.6 Å². The van der Waals surface area contributed by atoms with Crippen molar-refractivity contribution in [3.63, 3.8) is 0 Å². The van der Waals surface area contributed by atoms with E-state index in [1.54, 1.807) is 25.1 Å². The molecule has 0 saturated carbocycles. The van der Waals surface area contributed by atoms with Crippen molar-refractivity contribution in [2.24, 2.45) is 11.1 Å². The van der Waals surface area contributed by atoms with Gasteiger partial charge < -0.3 is 30.3 Å². The largest absolute Gasteiger partial charge is 0.454 e. The number of hydrogen-bond acceptors (Lipinski definition) is 9. The lowest BCUT2D eigenvalue weighted by Gasteiger charge is -2.52. The van der Waals surface area contributed by atoms with Crippen LogP contribution in [0.1, 0.15) is 31.9 Å². The Labute approximate surface area is 204 Å². The van der Waals surface area contributed by atoms with Crippen LogP contribution < -0.4 is 20.5 Å². The fraction of sp³-hybridized carbons (Fsp3) is 0.476. The Morgan fingerprint density at radius 1 is 1.21 bits per heavy atom. The van der Waals surface area contributed by atoms with Gasteiger partial charge in [0.2, 0.25) is 6.79 Å². The normalized spacial score (nSPS) is 31.8. The fourth-order valence-corrected chi connectivity index (χ4v) is 6.89. The molecule has 3 heterocycles. The van der Waals surface area contributed by atoms with Gasteiger partial charge in [0.1, 0.15) is 0 Å². The second-order valence-electron chi connectivity index (χ2n) is 8.59. The number of fused-ring (bicyclic) bond motifs is 2. The monoisotopic (exact) mass is 505 g/mol. The van der Waals surface area contributed by atoms with E-state index in [1.807, 2.05) is 0 Å². The number of nitrogens with zero attached hydrogens (tertiary/aromatic N) is 3. The van der Waals surface area contributed by atoms with Gasteiger partial charge in [-0.2, -0.15) is 5.26 Å². The van der Waals surface area contributed by atoms with Crippen molar-refractivity contribution in [1.82, 2.24) is 15.1 Å². The number of nitrogens with one attached hydrogen (secondary N) is 1. The molecule has 0 spiro atoms. The first-order chi connectivity index (χ1) is 15.9. The van der Waals surface area contributed by atoms with Crippen LogP contribution in [0.15, 0.2) is 18.2 Å². The maximum absolute atomic E-state index is 14.1. The molecule has 11 nitrogen and oxygen atoms in total. The van der Waals surface area contributed by atoms with Gasteiger partial charge in [-0.05, 0) is 55.1 Å². The quantitative estimate of drug-likeness (QED) is 0.627. The first kappa shape index (κ1) is 24.0. The van der Waals surface area contributed by atoms with Crippen LogP contribution in [0, 0.1) is 16.7 Å². The van der Waals surface area contributed by atoms with E-state index in [4.69, 9.17) is 15.2 Å². The van der Waals surface area contributed by atoms with Gasteiger partial charge in [0, 0.05) is 20.5 Å². The molecule has 34 heavy (non-hydrogen) atoms. The predicted octanol–water partition coefficient (Wildman–Crippen LogP) is 1.99. The average Bonchev–Trinajstić information content (AvgIpc) is 3.36. The van der Waals surface area contributed by atoms with Gasteiger partial charge in [0.05, 0.1) is 17.5 Å². The number of ether oxygens (including phenoxy) is 2. The van der Waals surface area contributed by atoms with Gasteiger partial charge in [0.25, 0.3) is 22.3 Å². The SMILES string of the molecule is CNC(=O)SC12C[C@](C)(C#N)C(c3ccc4c(c3)OCO4)N1C(=O)[C@](C)(SC(N)=O)N(C)C2=O. The number of piperazine rings is 1. The van der Waals surface area contributed by atoms with Crippen LogP contribution in [-0.2, 0) is 9.59 Å². The topological polar surface area (TPSA) is 155 Å². The third-order valence-electron chi connectivity index (χ3n) is 6.48. The van der Waals surface area contributed by atoms with Gasteiger partial charge >= 0.3 is 0 Å². The lowest BCUT2D eigenvalue weighted by molar-refractivity contribution is -0.163. The highest BCUT2D eigenvalue weighted by Crippen LogP contribution is 2.62. The van der Waals surface area contributed by atoms with Gasteiger partial charge in [-0.15, -0.1) is 0 Å². The number of carbonyl (C=O) groups is 4. The zero-order valence-electron chi connectivity index (χ0n) is 18.9. The number of nitrogens with two attached hydrogens (primary N) is 1. The lowest BCUT2D eigenvalue weighted by atomic mass is 9.79. The fourth-order valence-electron chi connectivity index (χ4n) is 4.80. The Balaban J connectivity index is 1.95. The lowest BCUT2D eigenvalue weighted by Crippen LogP contribution is -2.71. The summed E-state index contributed by atoms with van der Waals surface area (Å²) in [7, 11) is 2.80. The summed E-state index contributed by atoms with van der Waals surface area (Å²) in [5, 5.41) is 11.3. The first-order valence-corrected chi connectivity index (χ1v) is 11.9. The van der Waals surface area contributed by atoms with Crippen LogP contribution in [0.5, 0.6) is 11.5 Å². The molecule has 13 heteroatoms. The van der Waals surface area contributed by atoms with E-state index in [-0.39, 0.29) is 13.2 Å². The van der Waals surface area contributed by atoms with Crippen molar-refractivity contribution in [2.75, 3.05) is 20.9 Å². The standard InChI is InChI=1S/C21H23N5O6S2/c1-19(9-22)8-21(34-18(30)24-3)16(28)25(4)20(2,33-17(23)29)15(27)26(21)14(19)11-5-6-12-13(7-11)32-10-31-12/h5-7,14H,8,10H2,1-4H3,(H2,23,29)(H,24,30)/t14?,19-,20+,21?/m1/s1. The second-order valence-corrected chi connectivity index (χ2v) is 11.2. The van der Waals surface area contributed by atoms with Crippen molar-refractivity contribution in [2.45, 2.75) is 36.1 Å². The molecule has 3 aliphatic heterocycles. The van der Waals surface area contributed by atoms with Gasteiger partial charge in [-0.3, -0.25) is 19.2 Å². The molecule has 3 aliphatic rings. The number of thioether (sulfide) groups is 2. The molecule has 2 fully saturated rings. The summed E-state index contributed by atoms with van der Waals surface area (Å²) < 4.78 is 10.9. The molecule has 0 bridgehead atoms. The minimum atomic E-state index is -1.71. The summed E-state index contributed by atoms with van der Waals surface area (Å²) in [5.74, 6) is -0.240. The molecule has 4 rings (SSSR count). The second kappa shape index (κ2) is 7.99.